The van der Waals surface area contributed by atoms with Crippen molar-refractivity contribution in [1.29, 1.82) is 0 Å². The van der Waals surface area contributed by atoms with E-state index in [1.165, 1.54) is 35.2 Å². The second kappa shape index (κ2) is 11.4. The van der Waals surface area contributed by atoms with Gasteiger partial charge in [0, 0.05) is 23.8 Å². The number of aliphatic hydroxyl groups excluding tert-OH is 1. The molecule has 0 spiro atoms. The van der Waals surface area contributed by atoms with Crippen molar-refractivity contribution in [3.05, 3.63) is 90.4 Å². The molecule has 4 aromatic rings. The van der Waals surface area contributed by atoms with Gasteiger partial charge in [-0.05, 0) is 47.5 Å². The van der Waals surface area contributed by atoms with Crippen LogP contribution in [0.15, 0.2) is 99.7 Å². The van der Waals surface area contributed by atoms with E-state index in [9.17, 15) is 23.4 Å². The van der Waals surface area contributed by atoms with E-state index in [1.807, 2.05) is 42.5 Å². The Labute approximate surface area is 222 Å². The molecule has 0 bridgehead atoms. The van der Waals surface area contributed by atoms with E-state index in [2.05, 4.69) is 4.98 Å². The second-order valence-corrected chi connectivity index (χ2v) is 12.5. The highest BCUT2D eigenvalue weighted by molar-refractivity contribution is 8.01. The van der Waals surface area contributed by atoms with Crippen molar-refractivity contribution < 1.29 is 28.2 Å². The van der Waals surface area contributed by atoms with Crippen LogP contribution in [0.25, 0.3) is 11.1 Å². The van der Waals surface area contributed by atoms with Gasteiger partial charge in [-0.15, -0.1) is 11.3 Å². The molecule has 2 atom stereocenters. The van der Waals surface area contributed by atoms with Crippen molar-refractivity contribution in [2.45, 2.75) is 26.6 Å². The van der Waals surface area contributed by atoms with E-state index in [-0.39, 0.29) is 10.6 Å². The maximum atomic E-state index is 13.3. The summed E-state index contributed by atoms with van der Waals surface area (Å²) in [6.45, 7) is 0. The molecular weight excluding hydrogens is 532 g/mol. The number of aromatic nitrogens is 1. The fourth-order valence-corrected chi connectivity index (χ4v) is 6.69. The molecule has 4 N–H and O–H groups in total. The van der Waals surface area contributed by atoms with Crippen molar-refractivity contribution in [3.8, 4) is 22.6 Å². The van der Waals surface area contributed by atoms with Gasteiger partial charge in [-0.3, -0.25) is 0 Å². The van der Waals surface area contributed by atoms with Crippen LogP contribution in [0, 0.1) is 0 Å². The van der Waals surface area contributed by atoms with Crippen LogP contribution in [0.5, 0.6) is 11.5 Å². The average molecular weight is 557 g/mol. The minimum atomic E-state index is -4.53. The summed E-state index contributed by atoms with van der Waals surface area (Å²) in [5, 5.41) is 21.9. The Morgan fingerprint density at radius 3 is 2.16 bits per heavy atom. The number of rotatable bonds is 11. The fraction of sp³-hybridized carbons (Fsp3) is 0.154. The van der Waals surface area contributed by atoms with Gasteiger partial charge in [-0.25, -0.2) is 18.2 Å². The molecule has 8 nitrogen and oxygen atoms in total. The lowest BCUT2D eigenvalue weighted by Gasteiger charge is -2.27. The molecule has 0 aliphatic heterocycles. The summed E-state index contributed by atoms with van der Waals surface area (Å²) in [5.41, 5.74) is 7.49. The smallest absolute Gasteiger partial charge is 0.340 e. The number of carbonyl (C=O) groups is 1. The minimum absolute atomic E-state index is 0.0538. The number of aliphatic carboxylic acids is 1. The molecule has 0 amide bonds. The first-order valence-electron chi connectivity index (χ1n) is 11.1. The van der Waals surface area contributed by atoms with Gasteiger partial charge in [0.05, 0.1) is 11.0 Å². The van der Waals surface area contributed by atoms with Crippen molar-refractivity contribution in [2.24, 2.45) is 5.73 Å². The molecule has 0 radical (unpaired) electrons. The lowest BCUT2D eigenvalue weighted by Crippen LogP contribution is -2.56. The Balaban J connectivity index is 1.48. The lowest BCUT2D eigenvalue weighted by atomic mass is 10.1. The van der Waals surface area contributed by atoms with Crippen LogP contribution in [0.4, 0.5) is 0 Å². The number of hydrogen-bond acceptors (Lipinski definition) is 9. The third kappa shape index (κ3) is 6.20. The highest BCUT2D eigenvalue weighted by atomic mass is 32.2. The zero-order valence-corrected chi connectivity index (χ0v) is 21.9. The van der Waals surface area contributed by atoms with E-state index in [0.717, 1.165) is 11.1 Å². The number of benzene rings is 3. The van der Waals surface area contributed by atoms with E-state index in [4.69, 9.17) is 10.5 Å². The minimum Gasteiger partial charge on any atom is -0.479 e. The monoisotopic (exact) mass is 556 g/mol. The van der Waals surface area contributed by atoms with Gasteiger partial charge >= 0.3 is 5.97 Å². The van der Waals surface area contributed by atoms with E-state index >= 15 is 0 Å². The third-order valence-corrected chi connectivity index (χ3v) is 9.82. The number of nitrogens with zero attached hydrogens (tertiary/aromatic N) is 1. The molecule has 37 heavy (non-hydrogen) atoms. The van der Waals surface area contributed by atoms with E-state index in [0.29, 0.717) is 15.8 Å². The molecule has 192 valence electrons. The largest absolute Gasteiger partial charge is 0.479 e. The third-order valence-electron chi connectivity index (χ3n) is 5.52. The molecule has 1 heterocycles. The van der Waals surface area contributed by atoms with Crippen LogP contribution >= 0.6 is 23.1 Å². The molecule has 0 aliphatic carbocycles. The number of sulfone groups is 1. The number of para-hydroxylation sites is 1. The zero-order valence-electron chi connectivity index (χ0n) is 19.4. The highest BCUT2D eigenvalue weighted by Gasteiger charge is 2.49. The Morgan fingerprint density at radius 1 is 1.00 bits per heavy atom. The number of carboxylic acid groups (broad SMARTS) is 1. The molecule has 0 saturated carbocycles. The summed E-state index contributed by atoms with van der Waals surface area (Å²) in [4.78, 5) is 13.1. The first kappa shape index (κ1) is 26.8. The second-order valence-electron chi connectivity index (χ2n) is 8.13. The normalized spacial score (nSPS) is 14.0. The lowest BCUT2D eigenvalue weighted by molar-refractivity contribution is -0.140. The zero-order chi connectivity index (χ0) is 26.5. The van der Waals surface area contributed by atoms with Gasteiger partial charge in [-0.2, -0.15) is 0 Å². The molecule has 0 saturated heterocycles. The van der Waals surface area contributed by atoms with Crippen LogP contribution in [-0.4, -0.2) is 46.3 Å². The van der Waals surface area contributed by atoms with Crippen molar-refractivity contribution in [3.63, 3.8) is 0 Å². The predicted octanol–water partition coefficient (Wildman–Crippen LogP) is 4.66. The quantitative estimate of drug-likeness (QED) is 0.225. The molecule has 0 aliphatic rings. The predicted molar refractivity (Wildman–Crippen MR) is 144 cm³/mol. The molecular formula is C26H24N2O6S3. The van der Waals surface area contributed by atoms with Crippen molar-refractivity contribution >= 4 is 38.9 Å². The Morgan fingerprint density at radius 2 is 1.59 bits per heavy atom. The molecule has 2 unspecified atom stereocenters. The summed E-state index contributed by atoms with van der Waals surface area (Å²) in [7, 11) is -4.53. The summed E-state index contributed by atoms with van der Waals surface area (Å²) < 4.78 is 33.0. The number of aliphatic hydroxyl groups is 1. The van der Waals surface area contributed by atoms with Crippen LogP contribution in [0.2, 0.25) is 0 Å². The van der Waals surface area contributed by atoms with Crippen molar-refractivity contribution in [2.75, 3.05) is 5.75 Å². The van der Waals surface area contributed by atoms with Gasteiger partial charge < -0.3 is 20.7 Å². The van der Waals surface area contributed by atoms with E-state index < -0.39 is 33.2 Å². The van der Waals surface area contributed by atoms with Gasteiger partial charge in [-0.1, -0.05) is 54.2 Å². The average Bonchev–Trinajstić information content (AvgIpc) is 3.42. The molecule has 3 aromatic carbocycles. The molecule has 1 aromatic heterocycles. The van der Waals surface area contributed by atoms with Gasteiger partial charge in [0.15, 0.2) is 0 Å². The fourth-order valence-electron chi connectivity index (χ4n) is 3.55. The number of nitrogens with two attached hydrogens (primary N) is 1. The summed E-state index contributed by atoms with van der Waals surface area (Å²) in [5.74, 6) is -0.322. The maximum Gasteiger partial charge on any atom is 0.340 e. The number of thioether (sulfide) groups is 1. The number of ether oxygens (including phenoxy) is 1. The first-order valence-corrected chi connectivity index (χ1v) is 14.4. The van der Waals surface area contributed by atoms with Crippen LogP contribution < -0.4 is 10.5 Å². The van der Waals surface area contributed by atoms with Crippen molar-refractivity contribution in [1.82, 2.24) is 4.98 Å². The van der Waals surface area contributed by atoms with Gasteiger partial charge in [0.1, 0.15) is 15.8 Å². The van der Waals surface area contributed by atoms with Gasteiger partial charge in [0.2, 0.25) is 14.7 Å². The molecule has 11 heteroatoms. The van der Waals surface area contributed by atoms with E-state index in [1.54, 1.807) is 35.8 Å². The summed E-state index contributed by atoms with van der Waals surface area (Å²) >= 11 is 2.56. The number of thiazole rings is 1. The van der Waals surface area contributed by atoms with Gasteiger partial charge in [0.25, 0.3) is 0 Å². The molecule has 4 rings (SSSR count). The number of hydrogen-bond donors (Lipinski definition) is 3. The van der Waals surface area contributed by atoms with Crippen LogP contribution in [-0.2, 0) is 14.6 Å². The summed E-state index contributed by atoms with van der Waals surface area (Å²) in [6, 6.07) is 22.4. The van der Waals surface area contributed by atoms with Crippen LogP contribution in [0.3, 0.4) is 0 Å². The molecule has 0 fully saturated rings. The van der Waals surface area contributed by atoms with Crippen LogP contribution in [0.1, 0.15) is 6.42 Å². The highest BCUT2D eigenvalue weighted by Crippen LogP contribution is 2.31. The number of carboxylic acids is 1. The first-order chi connectivity index (χ1) is 17.7. The Kier molecular flexibility index (Phi) is 8.30. The Hall–Kier alpha value is -3.22. The standard InChI is InChI=1S/C26H24N2O6S3/c27-26(24(30)31,16-20(29)17-36-25-28-14-15-35-25)37(32,33)23-12-8-19(9-13-23)18-6-10-22(11-7-18)34-21-4-2-1-3-5-21/h1-15,20,29H,16-17,27H2,(H,30,31). The topological polar surface area (TPSA) is 140 Å². The summed E-state index contributed by atoms with van der Waals surface area (Å²) in [6.07, 6.45) is -0.348. The SMILES string of the molecule is NC(CC(O)CSc1nccs1)(C(=O)O)S(=O)(=O)c1ccc(-c2ccc(Oc3ccccc3)cc2)cc1. The maximum absolute atomic E-state index is 13.3. The Bertz CT molecular complexity index is 1430.